The van der Waals surface area contributed by atoms with Crippen molar-refractivity contribution >= 4 is 35.0 Å². The molecule has 3 aromatic heterocycles. The summed E-state index contributed by atoms with van der Waals surface area (Å²) < 4.78 is 16.0. The second-order valence-electron chi connectivity index (χ2n) is 6.24. The van der Waals surface area contributed by atoms with Crippen LogP contribution in [-0.4, -0.2) is 34.0 Å². The number of carbonyl (C=O) groups is 1. The number of ether oxygens (including phenoxy) is 1. The summed E-state index contributed by atoms with van der Waals surface area (Å²) in [5.41, 5.74) is 1.61. The van der Waals surface area contributed by atoms with Crippen molar-refractivity contribution in [3.63, 3.8) is 0 Å². The van der Waals surface area contributed by atoms with E-state index in [1.54, 1.807) is 55.0 Å². The fourth-order valence-corrected chi connectivity index (χ4v) is 3.72. The lowest BCUT2D eigenvalue weighted by Crippen LogP contribution is -2.12. The van der Waals surface area contributed by atoms with Crippen LogP contribution in [-0.2, 0) is 4.79 Å². The second-order valence-corrected chi connectivity index (χ2v) is 7.71. The third kappa shape index (κ3) is 5.07. The highest BCUT2D eigenvalue weighted by molar-refractivity contribution is 7.99. The number of thioether (sulfide) groups is 1. The van der Waals surface area contributed by atoms with Gasteiger partial charge in [0.15, 0.2) is 17.2 Å². The topological polar surface area (TPSA) is 103 Å². The van der Waals surface area contributed by atoms with Crippen LogP contribution in [0.5, 0.6) is 5.75 Å². The molecule has 10 heteroatoms. The number of carbonyl (C=O) groups excluding carboxylic acids is 1. The number of nitrogens with zero attached hydrogens (tertiary/aromatic N) is 3. The smallest absolute Gasteiger partial charge is 0.225 e. The van der Waals surface area contributed by atoms with Crippen LogP contribution in [0, 0.1) is 0 Å². The monoisotopic (exact) mass is 456 g/mol. The van der Waals surface area contributed by atoms with Gasteiger partial charge in [-0.25, -0.2) is 4.98 Å². The first kappa shape index (κ1) is 21.0. The van der Waals surface area contributed by atoms with Crippen LogP contribution in [0.2, 0.25) is 5.02 Å². The lowest BCUT2D eigenvalue weighted by molar-refractivity contribution is -0.115. The van der Waals surface area contributed by atoms with Crippen LogP contribution in [0.4, 0.5) is 5.69 Å². The van der Waals surface area contributed by atoms with Crippen molar-refractivity contribution in [3.8, 4) is 28.7 Å². The molecule has 0 aliphatic carbocycles. The fourth-order valence-electron chi connectivity index (χ4n) is 2.74. The second kappa shape index (κ2) is 9.67. The average molecular weight is 457 g/mol. The Labute approximate surface area is 187 Å². The van der Waals surface area contributed by atoms with Gasteiger partial charge in [-0.05, 0) is 42.5 Å². The van der Waals surface area contributed by atoms with Gasteiger partial charge in [0.05, 0.1) is 24.7 Å². The van der Waals surface area contributed by atoms with Gasteiger partial charge in [0.25, 0.3) is 0 Å². The number of furan rings is 2. The molecule has 0 spiro atoms. The molecular weight excluding hydrogens is 440 g/mol. The zero-order valence-corrected chi connectivity index (χ0v) is 17.9. The molecule has 0 saturated carbocycles. The molecule has 1 N–H and O–H groups in total. The molecule has 0 atom stereocenters. The first-order valence-electron chi connectivity index (χ1n) is 9.22. The molecule has 0 aliphatic heterocycles. The maximum atomic E-state index is 12.2. The van der Waals surface area contributed by atoms with Crippen LogP contribution in [0.25, 0.3) is 22.9 Å². The maximum absolute atomic E-state index is 12.2. The Balaban J connectivity index is 1.40. The fraction of sp³-hybridized carbons (Fsp3) is 0.143. The molecule has 0 radical (unpaired) electrons. The van der Waals surface area contributed by atoms with E-state index in [4.69, 9.17) is 25.2 Å². The number of halogens is 1. The van der Waals surface area contributed by atoms with Crippen molar-refractivity contribution in [3.05, 3.63) is 60.0 Å². The van der Waals surface area contributed by atoms with E-state index in [1.807, 2.05) is 0 Å². The molecule has 4 rings (SSSR count). The molecule has 4 aromatic rings. The van der Waals surface area contributed by atoms with Crippen molar-refractivity contribution in [2.45, 2.75) is 11.6 Å². The van der Waals surface area contributed by atoms with Gasteiger partial charge in [-0.15, -0.1) is 10.2 Å². The summed E-state index contributed by atoms with van der Waals surface area (Å²) in [5, 5.41) is 12.1. The van der Waals surface area contributed by atoms with E-state index in [9.17, 15) is 4.79 Å². The van der Waals surface area contributed by atoms with Crippen LogP contribution < -0.4 is 10.1 Å². The van der Waals surface area contributed by atoms with Crippen LogP contribution >= 0.6 is 23.4 Å². The highest BCUT2D eigenvalue weighted by Crippen LogP contribution is 2.31. The van der Waals surface area contributed by atoms with E-state index in [0.29, 0.717) is 50.3 Å². The lowest BCUT2D eigenvalue weighted by Gasteiger charge is -2.08. The minimum atomic E-state index is -0.153. The lowest BCUT2D eigenvalue weighted by atomic mass is 10.2. The Kier molecular flexibility index (Phi) is 6.54. The van der Waals surface area contributed by atoms with Gasteiger partial charge in [0.1, 0.15) is 11.4 Å². The highest BCUT2D eigenvalue weighted by Gasteiger charge is 2.18. The van der Waals surface area contributed by atoms with Crippen molar-refractivity contribution in [2.24, 2.45) is 0 Å². The quantitative estimate of drug-likeness (QED) is 0.362. The van der Waals surface area contributed by atoms with E-state index in [-0.39, 0.29) is 12.3 Å². The number of anilines is 1. The number of methoxy groups -OCH3 is 1. The van der Waals surface area contributed by atoms with Crippen LogP contribution in [0.15, 0.2) is 69.0 Å². The van der Waals surface area contributed by atoms with Gasteiger partial charge < -0.3 is 18.9 Å². The molecule has 0 saturated heterocycles. The zero-order chi connectivity index (χ0) is 21.6. The molecule has 8 nitrogen and oxygen atoms in total. The van der Waals surface area contributed by atoms with E-state index < -0.39 is 0 Å². The summed E-state index contributed by atoms with van der Waals surface area (Å²) >= 11 is 7.41. The zero-order valence-electron chi connectivity index (χ0n) is 16.4. The molecule has 0 fully saturated rings. The number of benzene rings is 1. The first-order chi connectivity index (χ1) is 15.1. The standard InChI is InChI=1S/C21H17ClN4O4S/c1-28-15-7-6-13(12-14(15)22)23-18(27)8-11-31-21-24-19(16-4-2-9-29-16)20(25-26-21)17-5-3-10-30-17/h2-7,9-10,12H,8,11H2,1H3,(H,23,27). The van der Waals surface area contributed by atoms with E-state index in [2.05, 4.69) is 20.5 Å². The largest absolute Gasteiger partial charge is 0.495 e. The van der Waals surface area contributed by atoms with E-state index in [1.165, 1.54) is 18.9 Å². The van der Waals surface area contributed by atoms with Gasteiger partial charge >= 0.3 is 0 Å². The molecule has 3 heterocycles. The maximum Gasteiger partial charge on any atom is 0.225 e. The Morgan fingerprint density at radius 2 is 1.84 bits per heavy atom. The molecule has 0 aliphatic rings. The summed E-state index contributed by atoms with van der Waals surface area (Å²) in [5.74, 6) is 1.96. The van der Waals surface area contributed by atoms with Crippen LogP contribution in [0.3, 0.4) is 0 Å². The number of aromatic nitrogens is 3. The van der Waals surface area contributed by atoms with Crippen molar-refractivity contribution in [1.29, 1.82) is 0 Å². The van der Waals surface area contributed by atoms with Gasteiger partial charge in [-0.1, -0.05) is 23.4 Å². The summed E-state index contributed by atoms with van der Waals surface area (Å²) in [6, 6.07) is 12.2. The van der Waals surface area contributed by atoms with Crippen molar-refractivity contribution < 1.29 is 18.4 Å². The minimum absolute atomic E-state index is 0.153. The average Bonchev–Trinajstić information content (AvgIpc) is 3.48. The van der Waals surface area contributed by atoms with E-state index >= 15 is 0 Å². The predicted octanol–water partition coefficient (Wildman–Crippen LogP) is 5.17. The summed E-state index contributed by atoms with van der Waals surface area (Å²) in [7, 11) is 1.53. The van der Waals surface area contributed by atoms with Gasteiger partial charge in [0, 0.05) is 17.9 Å². The number of hydrogen-bond acceptors (Lipinski definition) is 8. The molecular formula is C21H17ClN4O4S. The van der Waals surface area contributed by atoms with Gasteiger partial charge in [-0.3, -0.25) is 4.79 Å². The Morgan fingerprint density at radius 1 is 1.10 bits per heavy atom. The molecule has 158 valence electrons. The first-order valence-corrected chi connectivity index (χ1v) is 10.6. The Morgan fingerprint density at radius 3 is 2.48 bits per heavy atom. The predicted molar refractivity (Wildman–Crippen MR) is 117 cm³/mol. The summed E-state index contributed by atoms with van der Waals surface area (Å²) in [6.07, 6.45) is 3.37. The summed E-state index contributed by atoms with van der Waals surface area (Å²) in [4.78, 5) is 16.8. The van der Waals surface area contributed by atoms with Crippen molar-refractivity contribution in [1.82, 2.24) is 15.2 Å². The molecule has 31 heavy (non-hydrogen) atoms. The number of amides is 1. The summed E-state index contributed by atoms with van der Waals surface area (Å²) in [6.45, 7) is 0. The minimum Gasteiger partial charge on any atom is -0.495 e. The third-order valence-electron chi connectivity index (χ3n) is 4.17. The Bertz CT molecular complexity index is 1170. The number of hydrogen-bond donors (Lipinski definition) is 1. The molecule has 1 aromatic carbocycles. The Hall–Kier alpha value is -3.30. The normalized spacial score (nSPS) is 10.8. The van der Waals surface area contributed by atoms with E-state index in [0.717, 1.165) is 0 Å². The SMILES string of the molecule is COc1ccc(NC(=O)CCSc2nnc(-c3ccco3)c(-c3ccco3)n2)cc1Cl. The molecule has 1 amide bonds. The van der Waals surface area contributed by atoms with Gasteiger partial charge in [-0.2, -0.15) is 0 Å². The number of rotatable bonds is 8. The third-order valence-corrected chi connectivity index (χ3v) is 5.31. The highest BCUT2D eigenvalue weighted by atomic mass is 35.5. The van der Waals surface area contributed by atoms with Crippen LogP contribution in [0.1, 0.15) is 6.42 Å². The number of nitrogens with one attached hydrogen (secondary N) is 1. The molecule has 0 bridgehead atoms. The van der Waals surface area contributed by atoms with Gasteiger partial charge in [0.2, 0.25) is 11.1 Å². The van der Waals surface area contributed by atoms with Crippen molar-refractivity contribution in [2.75, 3.05) is 18.2 Å². The molecule has 0 unspecified atom stereocenters.